The lowest BCUT2D eigenvalue weighted by atomic mass is 10.2. The van der Waals surface area contributed by atoms with E-state index >= 15 is 0 Å². The molecule has 0 atom stereocenters. The van der Waals surface area contributed by atoms with Crippen molar-refractivity contribution < 1.29 is 14.6 Å². The molecule has 6 heteroatoms. The van der Waals surface area contributed by atoms with E-state index in [-0.39, 0.29) is 6.61 Å². The zero-order chi connectivity index (χ0) is 15.2. The highest BCUT2D eigenvalue weighted by molar-refractivity contribution is 6.31. The average molecular weight is 324 g/mol. The fraction of sp³-hybridized carbons (Fsp3) is 0.0667. The van der Waals surface area contributed by atoms with Gasteiger partial charge < -0.3 is 9.84 Å². The standard InChI is InChI=1S/C15H11Cl2NO3/c16-12-2-3-14(10(7-12)1-4-15(19)20)21-9-11-5-6-18-8-13(11)17/h1-8H,9H2,(H,19,20). The minimum absolute atomic E-state index is 0.247. The van der Waals surface area contributed by atoms with Crippen molar-refractivity contribution in [2.75, 3.05) is 0 Å². The van der Waals surface area contributed by atoms with Crippen molar-refractivity contribution in [1.29, 1.82) is 0 Å². The second kappa shape index (κ2) is 7.11. The normalized spacial score (nSPS) is 10.8. The van der Waals surface area contributed by atoms with Crippen LogP contribution in [0.4, 0.5) is 0 Å². The number of carboxylic acid groups (broad SMARTS) is 1. The Hall–Kier alpha value is -2.04. The van der Waals surface area contributed by atoms with E-state index in [0.717, 1.165) is 11.6 Å². The summed E-state index contributed by atoms with van der Waals surface area (Å²) >= 11 is 11.9. The summed E-state index contributed by atoms with van der Waals surface area (Å²) in [6, 6.07) is 6.73. The summed E-state index contributed by atoms with van der Waals surface area (Å²) in [5.41, 5.74) is 1.37. The van der Waals surface area contributed by atoms with E-state index < -0.39 is 5.97 Å². The van der Waals surface area contributed by atoms with Crippen LogP contribution in [0.2, 0.25) is 10.0 Å². The van der Waals surface area contributed by atoms with Crippen LogP contribution in [0.25, 0.3) is 6.08 Å². The van der Waals surface area contributed by atoms with Crippen LogP contribution in [0.3, 0.4) is 0 Å². The Bertz CT molecular complexity index is 686. The van der Waals surface area contributed by atoms with Gasteiger partial charge in [-0.05, 0) is 30.3 Å². The summed E-state index contributed by atoms with van der Waals surface area (Å²) in [5, 5.41) is 9.70. The number of halogens is 2. The molecule has 108 valence electrons. The highest BCUT2D eigenvalue weighted by Gasteiger charge is 2.05. The molecule has 2 rings (SSSR count). The maximum Gasteiger partial charge on any atom is 0.328 e. The van der Waals surface area contributed by atoms with Gasteiger partial charge in [0.05, 0.1) is 5.02 Å². The number of nitrogens with zero attached hydrogens (tertiary/aromatic N) is 1. The van der Waals surface area contributed by atoms with Crippen molar-refractivity contribution in [2.45, 2.75) is 6.61 Å². The van der Waals surface area contributed by atoms with Crippen LogP contribution < -0.4 is 4.74 Å². The molecular formula is C15H11Cl2NO3. The van der Waals surface area contributed by atoms with E-state index in [1.807, 2.05) is 0 Å². The van der Waals surface area contributed by atoms with Gasteiger partial charge in [-0.2, -0.15) is 0 Å². The van der Waals surface area contributed by atoms with E-state index in [1.54, 1.807) is 30.5 Å². The Morgan fingerprint density at radius 3 is 2.86 bits per heavy atom. The van der Waals surface area contributed by atoms with Crippen LogP contribution in [0, 0.1) is 0 Å². The van der Waals surface area contributed by atoms with E-state index in [0.29, 0.717) is 21.4 Å². The molecule has 4 nitrogen and oxygen atoms in total. The van der Waals surface area contributed by atoms with E-state index in [4.69, 9.17) is 33.0 Å². The lowest BCUT2D eigenvalue weighted by Crippen LogP contribution is -1.98. The number of hydrogen-bond donors (Lipinski definition) is 1. The fourth-order valence-corrected chi connectivity index (χ4v) is 1.97. The maximum absolute atomic E-state index is 10.6. The second-order valence-electron chi connectivity index (χ2n) is 4.11. The Morgan fingerprint density at radius 1 is 1.33 bits per heavy atom. The molecule has 21 heavy (non-hydrogen) atoms. The number of rotatable bonds is 5. The zero-order valence-electron chi connectivity index (χ0n) is 10.8. The summed E-state index contributed by atoms with van der Waals surface area (Å²) < 4.78 is 5.68. The van der Waals surface area contributed by atoms with Gasteiger partial charge in [-0.3, -0.25) is 4.98 Å². The predicted octanol–water partition coefficient (Wildman–Crippen LogP) is 4.07. The third-order valence-corrected chi connectivity index (χ3v) is 3.19. The van der Waals surface area contributed by atoms with Crippen molar-refractivity contribution in [2.24, 2.45) is 0 Å². The Labute approximate surface area is 131 Å². The number of aliphatic carboxylic acids is 1. The third kappa shape index (κ3) is 4.48. The summed E-state index contributed by atoms with van der Waals surface area (Å²) in [5.74, 6) is -0.525. The smallest absolute Gasteiger partial charge is 0.328 e. The number of hydrogen-bond acceptors (Lipinski definition) is 3. The van der Waals surface area contributed by atoms with Gasteiger partial charge in [0.15, 0.2) is 0 Å². The Kier molecular flexibility index (Phi) is 5.20. The van der Waals surface area contributed by atoms with Crippen molar-refractivity contribution in [3.63, 3.8) is 0 Å². The summed E-state index contributed by atoms with van der Waals surface area (Å²) in [7, 11) is 0. The molecular weight excluding hydrogens is 313 g/mol. The molecule has 0 aliphatic rings. The highest BCUT2D eigenvalue weighted by Crippen LogP contribution is 2.26. The SMILES string of the molecule is O=C(O)C=Cc1cc(Cl)ccc1OCc1ccncc1Cl. The Morgan fingerprint density at radius 2 is 2.14 bits per heavy atom. The van der Waals surface area contributed by atoms with E-state index in [9.17, 15) is 4.79 Å². The minimum Gasteiger partial charge on any atom is -0.488 e. The van der Waals surface area contributed by atoms with Crippen LogP contribution >= 0.6 is 23.2 Å². The zero-order valence-corrected chi connectivity index (χ0v) is 12.3. The van der Waals surface area contributed by atoms with Crippen LogP contribution in [-0.4, -0.2) is 16.1 Å². The number of ether oxygens (including phenoxy) is 1. The van der Waals surface area contributed by atoms with Crippen molar-refractivity contribution in [1.82, 2.24) is 4.98 Å². The first kappa shape index (κ1) is 15.4. The topological polar surface area (TPSA) is 59.4 Å². The van der Waals surface area contributed by atoms with Gasteiger partial charge in [0.1, 0.15) is 12.4 Å². The molecule has 0 bridgehead atoms. The summed E-state index contributed by atoms with van der Waals surface area (Å²) in [6.45, 7) is 0.247. The first-order chi connectivity index (χ1) is 10.1. The largest absolute Gasteiger partial charge is 0.488 e. The average Bonchev–Trinajstić information content (AvgIpc) is 2.45. The van der Waals surface area contributed by atoms with Gasteiger partial charge in [-0.25, -0.2) is 4.79 Å². The molecule has 2 aromatic rings. The predicted molar refractivity (Wildman–Crippen MR) is 81.7 cm³/mol. The lowest BCUT2D eigenvalue weighted by Gasteiger charge is -2.10. The molecule has 0 aliphatic carbocycles. The summed E-state index contributed by atoms with van der Waals surface area (Å²) in [6.07, 6.45) is 5.61. The number of benzene rings is 1. The fourth-order valence-electron chi connectivity index (χ4n) is 1.62. The molecule has 0 saturated heterocycles. The quantitative estimate of drug-likeness (QED) is 0.843. The number of pyridine rings is 1. The number of carboxylic acids is 1. The number of aromatic nitrogens is 1. The molecule has 0 saturated carbocycles. The van der Waals surface area contributed by atoms with Gasteiger partial charge in [0.25, 0.3) is 0 Å². The molecule has 0 aliphatic heterocycles. The highest BCUT2D eigenvalue weighted by atomic mass is 35.5. The first-order valence-corrected chi connectivity index (χ1v) is 6.73. The molecule has 0 unspecified atom stereocenters. The van der Waals surface area contributed by atoms with Crippen molar-refractivity contribution in [3.05, 3.63) is 63.9 Å². The van der Waals surface area contributed by atoms with Crippen LogP contribution in [-0.2, 0) is 11.4 Å². The van der Waals surface area contributed by atoms with Gasteiger partial charge in [-0.1, -0.05) is 23.2 Å². The molecule has 1 aromatic heterocycles. The molecule has 0 radical (unpaired) electrons. The molecule has 1 heterocycles. The maximum atomic E-state index is 10.6. The van der Waals surface area contributed by atoms with Crippen LogP contribution in [0.1, 0.15) is 11.1 Å². The van der Waals surface area contributed by atoms with Gasteiger partial charge in [-0.15, -0.1) is 0 Å². The van der Waals surface area contributed by atoms with Crippen LogP contribution in [0.15, 0.2) is 42.7 Å². The van der Waals surface area contributed by atoms with Gasteiger partial charge in [0, 0.05) is 34.6 Å². The molecule has 1 N–H and O–H groups in total. The van der Waals surface area contributed by atoms with Crippen molar-refractivity contribution >= 4 is 35.2 Å². The van der Waals surface area contributed by atoms with E-state index in [1.165, 1.54) is 12.3 Å². The molecule has 0 fully saturated rings. The van der Waals surface area contributed by atoms with Crippen molar-refractivity contribution in [3.8, 4) is 5.75 Å². The number of carbonyl (C=O) groups is 1. The van der Waals surface area contributed by atoms with Gasteiger partial charge in [0.2, 0.25) is 0 Å². The second-order valence-corrected chi connectivity index (χ2v) is 4.95. The molecule has 0 amide bonds. The van der Waals surface area contributed by atoms with Crippen LogP contribution in [0.5, 0.6) is 5.75 Å². The molecule has 1 aromatic carbocycles. The molecule has 0 spiro atoms. The minimum atomic E-state index is -1.04. The monoisotopic (exact) mass is 323 g/mol. The first-order valence-electron chi connectivity index (χ1n) is 5.98. The lowest BCUT2D eigenvalue weighted by molar-refractivity contribution is -0.131. The van der Waals surface area contributed by atoms with Gasteiger partial charge >= 0.3 is 5.97 Å². The van der Waals surface area contributed by atoms with E-state index in [2.05, 4.69) is 4.98 Å². The summed E-state index contributed by atoms with van der Waals surface area (Å²) in [4.78, 5) is 14.5. The Balaban J connectivity index is 2.20. The third-order valence-electron chi connectivity index (χ3n) is 2.62.